The average molecular weight is 252 g/mol. The summed E-state index contributed by atoms with van der Waals surface area (Å²) in [7, 11) is 0. The summed E-state index contributed by atoms with van der Waals surface area (Å²) in [6, 6.07) is 0. The number of hydrogen-bond donors (Lipinski definition) is 4. The molecule has 2 atom stereocenters. The fraction of sp³-hybridized carbons (Fsp3) is 0.545. The number of aromatic amines is 1. The Balaban J connectivity index is 2.01. The Labute approximate surface area is 103 Å². The number of aliphatic carboxylic acids is 1. The van der Waals surface area contributed by atoms with E-state index in [-0.39, 0.29) is 17.5 Å². The van der Waals surface area contributed by atoms with Gasteiger partial charge >= 0.3 is 5.97 Å². The Kier molecular flexibility index (Phi) is 3.50. The van der Waals surface area contributed by atoms with Crippen molar-refractivity contribution in [1.29, 1.82) is 0 Å². The normalized spacial score (nSPS) is 22.9. The minimum absolute atomic E-state index is 0.0300. The molecule has 1 fully saturated rings. The second-order valence-corrected chi connectivity index (χ2v) is 4.51. The van der Waals surface area contributed by atoms with E-state index in [1.54, 1.807) is 0 Å². The van der Waals surface area contributed by atoms with E-state index in [9.17, 15) is 9.59 Å². The summed E-state index contributed by atoms with van der Waals surface area (Å²) in [5.41, 5.74) is 5.21. The monoisotopic (exact) mass is 252 g/mol. The van der Waals surface area contributed by atoms with E-state index in [0.717, 1.165) is 12.8 Å². The van der Waals surface area contributed by atoms with Crippen molar-refractivity contribution >= 4 is 17.5 Å². The Bertz CT molecular complexity index is 499. The smallest absolute Gasteiger partial charge is 0.306 e. The lowest BCUT2D eigenvalue weighted by Crippen LogP contribution is -2.26. The summed E-state index contributed by atoms with van der Waals surface area (Å²) < 4.78 is 0. The number of carbonyl (C=O) groups is 1. The summed E-state index contributed by atoms with van der Waals surface area (Å²) in [6.07, 6.45) is 3.76. The number of carboxylic acids is 1. The van der Waals surface area contributed by atoms with E-state index < -0.39 is 11.5 Å². The fourth-order valence-electron chi connectivity index (χ4n) is 2.39. The van der Waals surface area contributed by atoms with Gasteiger partial charge < -0.3 is 21.1 Å². The van der Waals surface area contributed by atoms with Crippen LogP contribution in [-0.4, -0.2) is 27.6 Å². The number of hydrogen-bond acceptors (Lipinski definition) is 5. The van der Waals surface area contributed by atoms with Gasteiger partial charge in [0.1, 0.15) is 5.69 Å². The highest BCUT2D eigenvalue weighted by Crippen LogP contribution is 2.32. The number of anilines is 2. The van der Waals surface area contributed by atoms with Crippen molar-refractivity contribution in [2.45, 2.75) is 19.3 Å². The molecule has 7 nitrogen and oxygen atoms in total. The van der Waals surface area contributed by atoms with Gasteiger partial charge in [0.15, 0.2) is 5.82 Å². The van der Waals surface area contributed by atoms with Crippen LogP contribution in [0.15, 0.2) is 11.1 Å². The van der Waals surface area contributed by atoms with Gasteiger partial charge in [-0.05, 0) is 18.8 Å². The number of nitrogens with one attached hydrogen (secondary N) is 2. The first-order valence-electron chi connectivity index (χ1n) is 5.89. The molecule has 18 heavy (non-hydrogen) atoms. The van der Waals surface area contributed by atoms with Crippen molar-refractivity contribution in [2.75, 3.05) is 17.6 Å². The van der Waals surface area contributed by atoms with Crippen molar-refractivity contribution < 1.29 is 9.90 Å². The Morgan fingerprint density at radius 3 is 3.11 bits per heavy atom. The third-order valence-electron chi connectivity index (χ3n) is 3.40. The molecule has 1 aromatic heterocycles. The van der Waals surface area contributed by atoms with Crippen LogP contribution < -0.4 is 16.6 Å². The lowest BCUT2D eigenvalue weighted by Gasteiger charge is -2.16. The second-order valence-electron chi connectivity index (χ2n) is 4.51. The number of rotatable bonds is 4. The molecule has 98 valence electrons. The first-order valence-corrected chi connectivity index (χ1v) is 5.89. The predicted molar refractivity (Wildman–Crippen MR) is 66.2 cm³/mol. The van der Waals surface area contributed by atoms with Gasteiger partial charge in [-0.25, -0.2) is 4.98 Å². The maximum absolute atomic E-state index is 11.3. The van der Waals surface area contributed by atoms with Crippen LogP contribution in [0, 0.1) is 11.8 Å². The topological polar surface area (TPSA) is 121 Å². The lowest BCUT2D eigenvalue weighted by atomic mass is 9.96. The molecule has 0 spiro atoms. The van der Waals surface area contributed by atoms with E-state index in [1.165, 1.54) is 6.33 Å². The van der Waals surface area contributed by atoms with Crippen LogP contribution in [0.3, 0.4) is 0 Å². The first kappa shape index (κ1) is 12.4. The molecule has 2 rings (SSSR count). The average Bonchev–Trinajstić information content (AvgIpc) is 2.79. The highest BCUT2D eigenvalue weighted by molar-refractivity contribution is 5.71. The first-order chi connectivity index (χ1) is 8.59. The van der Waals surface area contributed by atoms with Gasteiger partial charge in [-0.2, -0.15) is 0 Å². The number of nitrogens with zero attached hydrogens (tertiary/aromatic N) is 1. The summed E-state index contributed by atoms with van der Waals surface area (Å²) >= 11 is 0. The second kappa shape index (κ2) is 5.07. The van der Waals surface area contributed by atoms with Crippen LogP contribution in [0.25, 0.3) is 0 Å². The maximum atomic E-state index is 11.3. The molecule has 7 heteroatoms. The molecule has 1 aliphatic rings. The molecule has 0 amide bonds. The largest absolute Gasteiger partial charge is 0.481 e. The van der Waals surface area contributed by atoms with E-state index in [2.05, 4.69) is 15.3 Å². The molecule has 1 aromatic rings. The quantitative estimate of drug-likeness (QED) is 0.610. The van der Waals surface area contributed by atoms with Crippen LogP contribution in [0.4, 0.5) is 11.5 Å². The fourth-order valence-corrected chi connectivity index (χ4v) is 2.39. The number of carboxylic acid groups (broad SMARTS) is 1. The zero-order valence-corrected chi connectivity index (χ0v) is 9.85. The third kappa shape index (κ3) is 2.44. The molecule has 5 N–H and O–H groups in total. The van der Waals surface area contributed by atoms with Gasteiger partial charge in [0, 0.05) is 6.54 Å². The minimum atomic E-state index is -0.758. The number of nitrogens with two attached hydrogens (primary N) is 1. The van der Waals surface area contributed by atoms with Gasteiger partial charge in [0.05, 0.1) is 12.2 Å². The van der Waals surface area contributed by atoms with E-state index >= 15 is 0 Å². The SMILES string of the molecule is Nc1c(NCC2CCCC2C(=O)O)nc[nH]c1=O. The van der Waals surface area contributed by atoms with Crippen molar-refractivity contribution in [3.63, 3.8) is 0 Å². The van der Waals surface area contributed by atoms with Crippen LogP contribution in [0.5, 0.6) is 0 Å². The van der Waals surface area contributed by atoms with Gasteiger partial charge in [0.2, 0.25) is 0 Å². The van der Waals surface area contributed by atoms with Crippen LogP contribution >= 0.6 is 0 Å². The zero-order chi connectivity index (χ0) is 13.1. The summed E-state index contributed by atoms with van der Waals surface area (Å²) in [5, 5.41) is 12.0. The predicted octanol–water partition coefficient (Wildman–Crippen LogP) is 0.265. The Hall–Kier alpha value is -2.05. The standard InChI is InChI=1S/C11H16N4O3/c12-8-9(14-5-15-10(8)16)13-4-6-2-1-3-7(6)11(17)18/h5-7H,1-4,12H2,(H,17,18)(H2,13,14,15,16). The van der Waals surface area contributed by atoms with Gasteiger partial charge in [-0.15, -0.1) is 0 Å². The van der Waals surface area contributed by atoms with Gasteiger partial charge in [-0.1, -0.05) is 6.42 Å². The van der Waals surface area contributed by atoms with Gasteiger partial charge in [0.25, 0.3) is 5.56 Å². The van der Waals surface area contributed by atoms with Gasteiger partial charge in [-0.3, -0.25) is 9.59 Å². The van der Waals surface area contributed by atoms with E-state index in [0.29, 0.717) is 18.8 Å². The molecular weight excluding hydrogens is 236 g/mol. The number of nitrogen functional groups attached to an aromatic ring is 1. The summed E-state index contributed by atoms with van der Waals surface area (Å²) in [4.78, 5) is 28.6. The van der Waals surface area contributed by atoms with Crippen molar-refractivity contribution in [1.82, 2.24) is 9.97 Å². The number of aromatic nitrogens is 2. The molecule has 0 aliphatic heterocycles. The summed E-state index contributed by atoms with van der Waals surface area (Å²) in [5.74, 6) is -0.704. The van der Waals surface area contributed by atoms with Crippen molar-refractivity contribution in [3.8, 4) is 0 Å². The highest BCUT2D eigenvalue weighted by atomic mass is 16.4. The molecular formula is C11H16N4O3. The Morgan fingerprint density at radius 2 is 2.39 bits per heavy atom. The third-order valence-corrected chi connectivity index (χ3v) is 3.40. The molecule has 1 saturated carbocycles. The van der Waals surface area contributed by atoms with Crippen LogP contribution in [0.1, 0.15) is 19.3 Å². The van der Waals surface area contributed by atoms with E-state index in [1.807, 2.05) is 0 Å². The van der Waals surface area contributed by atoms with Crippen LogP contribution in [-0.2, 0) is 4.79 Å². The molecule has 0 bridgehead atoms. The molecule has 1 aliphatic carbocycles. The van der Waals surface area contributed by atoms with Crippen molar-refractivity contribution in [3.05, 3.63) is 16.7 Å². The summed E-state index contributed by atoms with van der Waals surface area (Å²) in [6.45, 7) is 0.470. The van der Waals surface area contributed by atoms with Crippen molar-refractivity contribution in [2.24, 2.45) is 11.8 Å². The molecule has 1 heterocycles. The molecule has 0 saturated heterocycles. The van der Waals surface area contributed by atoms with Crippen LogP contribution in [0.2, 0.25) is 0 Å². The lowest BCUT2D eigenvalue weighted by molar-refractivity contribution is -0.142. The molecule has 2 unspecified atom stereocenters. The molecule has 0 aromatic carbocycles. The zero-order valence-electron chi connectivity index (χ0n) is 9.85. The minimum Gasteiger partial charge on any atom is -0.481 e. The highest BCUT2D eigenvalue weighted by Gasteiger charge is 2.32. The molecule has 0 radical (unpaired) electrons. The Morgan fingerprint density at radius 1 is 1.61 bits per heavy atom. The number of H-pyrrole nitrogens is 1. The maximum Gasteiger partial charge on any atom is 0.306 e. The van der Waals surface area contributed by atoms with E-state index in [4.69, 9.17) is 10.8 Å².